The summed E-state index contributed by atoms with van der Waals surface area (Å²) in [6, 6.07) is 6.68. The van der Waals surface area contributed by atoms with E-state index >= 15 is 0 Å². The molecule has 116 valence electrons. The molecule has 1 saturated heterocycles. The number of anilines is 1. The second kappa shape index (κ2) is 5.92. The van der Waals surface area contributed by atoms with Crippen molar-refractivity contribution in [2.24, 2.45) is 0 Å². The number of hydrogen-bond donors (Lipinski definition) is 0. The lowest BCUT2D eigenvalue weighted by Gasteiger charge is -2.41. The standard InChI is InChI=1S/C16H23FN2O2/c1-12-11-18(15(20)21-16(2,3)4)8-9-19(12)14-7-5-6-13(17)10-14/h5-7,10,12H,8-9,11H2,1-4H3/t12-/m1/s1. The molecule has 0 spiro atoms. The predicted molar refractivity (Wildman–Crippen MR) is 81.0 cm³/mol. The van der Waals surface area contributed by atoms with Gasteiger partial charge in [0.05, 0.1) is 0 Å². The van der Waals surface area contributed by atoms with E-state index in [1.165, 1.54) is 12.1 Å². The number of carbonyl (C=O) groups excluding carboxylic acids is 1. The first-order chi connectivity index (χ1) is 9.76. The summed E-state index contributed by atoms with van der Waals surface area (Å²) in [5, 5.41) is 0. The van der Waals surface area contributed by atoms with E-state index in [0.717, 1.165) is 5.69 Å². The van der Waals surface area contributed by atoms with Crippen LogP contribution in [0.5, 0.6) is 0 Å². The van der Waals surface area contributed by atoms with Crippen molar-refractivity contribution in [3.8, 4) is 0 Å². The largest absolute Gasteiger partial charge is 0.444 e. The summed E-state index contributed by atoms with van der Waals surface area (Å²) in [7, 11) is 0. The maximum Gasteiger partial charge on any atom is 0.410 e. The monoisotopic (exact) mass is 294 g/mol. The lowest BCUT2D eigenvalue weighted by Crippen LogP contribution is -2.54. The number of hydrogen-bond acceptors (Lipinski definition) is 3. The molecule has 4 nitrogen and oxygen atoms in total. The minimum Gasteiger partial charge on any atom is -0.444 e. The summed E-state index contributed by atoms with van der Waals surface area (Å²) in [5.41, 5.74) is 0.367. The second-order valence-corrected chi connectivity index (χ2v) is 6.45. The van der Waals surface area contributed by atoms with Crippen molar-refractivity contribution in [3.63, 3.8) is 0 Å². The van der Waals surface area contributed by atoms with Crippen LogP contribution in [-0.2, 0) is 4.74 Å². The van der Waals surface area contributed by atoms with E-state index in [1.807, 2.05) is 33.8 Å². The number of ether oxygens (including phenoxy) is 1. The number of halogens is 1. The van der Waals surface area contributed by atoms with Crippen molar-refractivity contribution in [1.82, 2.24) is 4.90 Å². The summed E-state index contributed by atoms with van der Waals surface area (Å²) < 4.78 is 18.7. The van der Waals surface area contributed by atoms with Crippen molar-refractivity contribution >= 4 is 11.8 Å². The van der Waals surface area contributed by atoms with Crippen molar-refractivity contribution < 1.29 is 13.9 Å². The summed E-state index contributed by atoms with van der Waals surface area (Å²) in [5.74, 6) is -0.241. The van der Waals surface area contributed by atoms with E-state index in [0.29, 0.717) is 19.6 Å². The maximum absolute atomic E-state index is 13.3. The van der Waals surface area contributed by atoms with Gasteiger partial charge in [-0.3, -0.25) is 0 Å². The molecular formula is C16H23FN2O2. The van der Waals surface area contributed by atoms with Crippen molar-refractivity contribution in [2.75, 3.05) is 24.5 Å². The molecule has 0 aromatic heterocycles. The Morgan fingerprint density at radius 1 is 1.33 bits per heavy atom. The fourth-order valence-electron chi connectivity index (χ4n) is 2.49. The van der Waals surface area contributed by atoms with Crippen LogP contribution in [0, 0.1) is 5.82 Å². The Morgan fingerprint density at radius 3 is 2.62 bits per heavy atom. The molecule has 21 heavy (non-hydrogen) atoms. The Balaban J connectivity index is 2.01. The normalized spacial score (nSPS) is 19.6. The zero-order chi connectivity index (χ0) is 15.6. The molecule has 5 heteroatoms. The van der Waals surface area contributed by atoms with Gasteiger partial charge in [-0.2, -0.15) is 0 Å². The highest BCUT2D eigenvalue weighted by Crippen LogP contribution is 2.22. The zero-order valence-electron chi connectivity index (χ0n) is 13.1. The Hall–Kier alpha value is -1.78. The van der Waals surface area contributed by atoms with Crippen LogP contribution in [-0.4, -0.2) is 42.3 Å². The molecule has 0 radical (unpaired) electrons. The van der Waals surface area contributed by atoms with Gasteiger partial charge in [0.1, 0.15) is 11.4 Å². The van der Waals surface area contributed by atoms with E-state index in [2.05, 4.69) is 4.90 Å². The van der Waals surface area contributed by atoms with Gasteiger partial charge in [0.15, 0.2) is 0 Å². The molecule has 1 heterocycles. The topological polar surface area (TPSA) is 32.8 Å². The summed E-state index contributed by atoms with van der Waals surface area (Å²) in [4.78, 5) is 15.9. The van der Waals surface area contributed by atoms with E-state index in [4.69, 9.17) is 4.74 Å². The van der Waals surface area contributed by atoms with Gasteiger partial charge < -0.3 is 14.5 Å². The Labute approximate surface area is 125 Å². The summed E-state index contributed by atoms with van der Waals surface area (Å²) in [6.07, 6.45) is -0.284. The highest BCUT2D eigenvalue weighted by atomic mass is 19.1. The van der Waals surface area contributed by atoms with Crippen LogP contribution in [0.1, 0.15) is 27.7 Å². The van der Waals surface area contributed by atoms with Crippen LogP contribution in [0.2, 0.25) is 0 Å². The van der Waals surface area contributed by atoms with E-state index in [9.17, 15) is 9.18 Å². The third-order valence-corrected chi connectivity index (χ3v) is 3.42. The third kappa shape index (κ3) is 4.09. The lowest BCUT2D eigenvalue weighted by atomic mass is 10.1. The maximum atomic E-state index is 13.3. The first-order valence-corrected chi connectivity index (χ1v) is 7.26. The molecule has 1 aliphatic rings. The van der Waals surface area contributed by atoms with E-state index < -0.39 is 5.60 Å². The van der Waals surface area contributed by atoms with Crippen LogP contribution in [0.4, 0.5) is 14.9 Å². The fourth-order valence-corrected chi connectivity index (χ4v) is 2.49. The number of nitrogens with zero attached hydrogens (tertiary/aromatic N) is 2. The molecule has 1 aliphatic heterocycles. The lowest BCUT2D eigenvalue weighted by molar-refractivity contribution is 0.0219. The zero-order valence-corrected chi connectivity index (χ0v) is 13.1. The average molecular weight is 294 g/mol. The molecule has 1 aromatic carbocycles. The number of rotatable bonds is 1. The van der Waals surface area contributed by atoms with Gasteiger partial charge in [-0.15, -0.1) is 0 Å². The average Bonchev–Trinajstić information content (AvgIpc) is 2.36. The highest BCUT2D eigenvalue weighted by Gasteiger charge is 2.29. The van der Waals surface area contributed by atoms with Crippen molar-refractivity contribution in [1.29, 1.82) is 0 Å². The fraction of sp³-hybridized carbons (Fsp3) is 0.562. The number of piperazine rings is 1. The molecule has 2 rings (SSSR count). The molecule has 1 fully saturated rings. The Kier molecular flexibility index (Phi) is 4.40. The van der Waals surface area contributed by atoms with Gasteiger partial charge >= 0.3 is 6.09 Å². The summed E-state index contributed by atoms with van der Waals surface area (Å²) in [6.45, 7) is 9.43. The Morgan fingerprint density at radius 2 is 2.05 bits per heavy atom. The predicted octanol–water partition coefficient (Wildman–Crippen LogP) is 3.27. The van der Waals surface area contributed by atoms with E-state index in [1.54, 1.807) is 11.0 Å². The molecule has 0 saturated carbocycles. The van der Waals surface area contributed by atoms with Crippen molar-refractivity contribution in [2.45, 2.75) is 39.3 Å². The van der Waals surface area contributed by atoms with Crippen LogP contribution in [0.15, 0.2) is 24.3 Å². The summed E-state index contributed by atoms with van der Waals surface area (Å²) >= 11 is 0. The van der Waals surface area contributed by atoms with Gasteiger partial charge in [0.25, 0.3) is 0 Å². The molecule has 0 unspecified atom stereocenters. The van der Waals surface area contributed by atoms with Gasteiger partial charge in [-0.25, -0.2) is 9.18 Å². The minimum atomic E-state index is -0.486. The van der Waals surface area contributed by atoms with Crippen LogP contribution in [0.3, 0.4) is 0 Å². The van der Waals surface area contributed by atoms with Crippen LogP contribution in [0.25, 0.3) is 0 Å². The number of amides is 1. The second-order valence-electron chi connectivity index (χ2n) is 6.45. The van der Waals surface area contributed by atoms with Crippen LogP contribution < -0.4 is 4.90 Å². The Bertz CT molecular complexity index is 513. The van der Waals surface area contributed by atoms with Gasteiger partial charge in [0, 0.05) is 31.4 Å². The van der Waals surface area contributed by atoms with Gasteiger partial charge in [0.2, 0.25) is 0 Å². The van der Waals surface area contributed by atoms with E-state index in [-0.39, 0.29) is 18.0 Å². The SMILES string of the molecule is C[C@@H]1CN(C(=O)OC(C)(C)C)CCN1c1cccc(F)c1. The smallest absolute Gasteiger partial charge is 0.410 e. The molecule has 0 N–H and O–H groups in total. The first-order valence-electron chi connectivity index (χ1n) is 7.26. The molecule has 0 bridgehead atoms. The van der Waals surface area contributed by atoms with Crippen molar-refractivity contribution in [3.05, 3.63) is 30.1 Å². The quantitative estimate of drug-likeness (QED) is 0.797. The highest BCUT2D eigenvalue weighted by molar-refractivity contribution is 5.68. The number of benzene rings is 1. The molecule has 1 aromatic rings. The molecule has 1 amide bonds. The third-order valence-electron chi connectivity index (χ3n) is 3.42. The molecule has 0 aliphatic carbocycles. The first kappa shape index (κ1) is 15.6. The van der Waals surface area contributed by atoms with Gasteiger partial charge in [-0.1, -0.05) is 6.07 Å². The minimum absolute atomic E-state index is 0.119. The molecular weight excluding hydrogens is 271 g/mol. The molecule has 1 atom stereocenters. The van der Waals surface area contributed by atoms with Crippen LogP contribution >= 0.6 is 0 Å². The van der Waals surface area contributed by atoms with Gasteiger partial charge in [-0.05, 0) is 45.9 Å². The number of carbonyl (C=O) groups is 1.